The highest BCUT2D eigenvalue weighted by molar-refractivity contribution is 9.10. The highest BCUT2D eigenvalue weighted by atomic mass is 79.9. The molecule has 0 spiro atoms. The van der Waals surface area contributed by atoms with E-state index in [1.165, 1.54) is 4.90 Å². The molecule has 2 aromatic rings. The molecule has 0 bridgehead atoms. The second kappa shape index (κ2) is 6.65. The summed E-state index contributed by atoms with van der Waals surface area (Å²) in [6.45, 7) is 3.05. The third-order valence-corrected chi connectivity index (χ3v) is 5.55. The number of carboxylic acid groups (broad SMARTS) is 1. The molecule has 25 heavy (non-hydrogen) atoms. The number of hydrogen-bond donors (Lipinski definition) is 1. The minimum Gasteiger partial charge on any atom is -0.465 e. The van der Waals surface area contributed by atoms with Crippen LogP contribution in [0.15, 0.2) is 10.5 Å². The second-order valence-electron chi connectivity index (χ2n) is 5.67. The van der Waals surface area contributed by atoms with E-state index in [2.05, 4.69) is 27.0 Å². The summed E-state index contributed by atoms with van der Waals surface area (Å²) in [7, 11) is 0. The van der Waals surface area contributed by atoms with Gasteiger partial charge in [0.25, 0.3) is 0 Å². The number of halogens is 3. The zero-order valence-corrected chi connectivity index (χ0v) is 15.5. The molecule has 1 saturated heterocycles. The number of amides is 1. The molecule has 3 rings (SSSR count). The molecule has 1 amide bonds. The van der Waals surface area contributed by atoms with Crippen LogP contribution in [0.25, 0.3) is 10.9 Å². The molecule has 2 heterocycles. The molecule has 0 atom stereocenters. The van der Waals surface area contributed by atoms with Crippen molar-refractivity contribution in [1.29, 1.82) is 5.26 Å². The standard InChI is InChI=1S/C16H13BrClFN4O2/c1-8-10(7-20)15(22-2-4-23(5-3-22)16(24)25)9-6-11(18)12(17)13(19)14(9)21-8/h6H,2-5H2,1H3,(H,24,25). The lowest BCUT2D eigenvalue weighted by atomic mass is 10.0. The number of fused-ring (bicyclic) bond motifs is 1. The smallest absolute Gasteiger partial charge is 0.407 e. The number of aromatic nitrogens is 1. The largest absolute Gasteiger partial charge is 0.465 e. The number of piperazine rings is 1. The van der Waals surface area contributed by atoms with Gasteiger partial charge in [-0.3, -0.25) is 0 Å². The van der Waals surface area contributed by atoms with Gasteiger partial charge in [0.05, 0.1) is 26.4 Å². The summed E-state index contributed by atoms with van der Waals surface area (Å²) in [4.78, 5) is 18.5. The maximum absolute atomic E-state index is 14.6. The minimum absolute atomic E-state index is 0.125. The first-order valence-electron chi connectivity index (χ1n) is 7.45. The molecular formula is C16H13BrClFN4O2. The van der Waals surface area contributed by atoms with E-state index in [1.54, 1.807) is 13.0 Å². The van der Waals surface area contributed by atoms with Crippen LogP contribution < -0.4 is 4.90 Å². The Hall–Kier alpha value is -2.11. The van der Waals surface area contributed by atoms with Crippen molar-refractivity contribution in [3.63, 3.8) is 0 Å². The molecule has 0 radical (unpaired) electrons. The summed E-state index contributed by atoms with van der Waals surface area (Å²) in [5, 5.41) is 19.3. The first-order valence-corrected chi connectivity index (χ1v) is 8.63. The predicted molar refractivity (Wildman–Crippen MR) is 95.7 cm³/mol. The van der Waals surface area contributed by atoms with Crippen LogP contribution in [0.4, 0.5) is 14.9 Å². The Morgan fingerprint density at radius 2 is 2.08 bits per heavy atom. The van der Waals surface area contributed by atoms with Crippen LogP contribution in [0.2, 0.25) is 5.02 Å². The Labute approximate surface area is 156 Å². The van der Waals surface area contributed by atoms with Crippen LogP contribution in [0.5, 0.6) is 0 Å². The van der Waals surface area contributed by atoms with Gasteiger partial charge >= 0.3 is 6.09 Å². The van der Waals surface area contributed by atoms with E-state index in [9.17, 15) is 14.4 Å². The zero-order valence-electron chi connectivity index (χ0n) is 13.2. The number of hydrogen-bond acceptors (Lipinski definition) is 4. The van der Waals surface area contributed by atoms with E-state index < -0.39 is 11.9 Å². The lowest BCUT2D eigenvalue weighted by molar-refractivity contribution is 0.142. The minimum atomic E-state index is -0.978. The monoisotopic (exact) mass is 426 g/mol. The van der Waals surface area contributed by atoms with Crippen LogP contribution in [-0.2, 0) is 0 Å². The molecule has 1 aromatic heterocycles. The fourth-order valence-corrected chi connectivity index (χ4v) is 3.48. The number of nitrogens with zero attached hydrogens (tertiary/aromatic N) is 4. The lowest BCUT2D eigenvalue weighted by Gasteiger charge is -2.35. The first-order chi connectivity index (χ1) is 11.8. The van der Waals surface area contributed by atoms with Crippen LogP contribution in [0.3, 0.4) is 0 Å². The maximum atomic E-state index is 14.6. The lowest BCUT2D eigenvalue weighted by Crippen LogP contribution is -2.48. The molecule has 1 fully saturated rings. The van der Waals surface area contributed by atoms with Crippen LogP contribution >= 0.6 is 27.5 Å². The van der Waals surface area contributed by atoms with Crippen LogP contribution in [-0.4, -0.2) is 47.3 Å². The van der Waals surface area contributed by atoms with Crippen molar-refractivity contribution in [3.8, 4) is 6.07 Å². The third-order valence-electron chi connectivity index (χ3n) is 4.25. The van der Waals surface area contributed by atoms with Crippen molar-refractivity contribution in [2.75, 3.05) is 31.1 Å². The predicted octanol–water partition coefficient (Wildman–Crippen LogP) is 3.77. The quantitative estimate of drug-likeness (QED) is 0.701. The molecule has 130 valence electrons. The number of benzene rings is 1. The van der Waals surface area contributed by atoms with Gasteiger partial charge in [-0.25, -0.2) is 14.2 Å². The van der Waals surface area contributed by atoms with Crippen molar-refractivity contribution in [1.82, 2.24) is 9.88 Å². The van der Waals surface area contributed by atoms with Gasteiger partial charge in [0.15, 0.2) is 5.82 Å². The molecule has 1 N–H and O–H groups in total. The molecular weight excluding hydrogens is 415 g/mol. The SMILES string of the molecule is Cc1nc2c(F)c(Br)c(Cl)cc2c(N2CCN(C(=O)O)CC2)c1C#N. The molecule has 6 nitrogen and oxygen atoms in total. The van der Waals surface area contributed by atoms with Crippen LogP contribution in [0, 0.1) is 24.1 Å². The van der Waals surface area contributed by atoms with Crippen molar-refractivity contribution in [3.05, 3.63) is 32.6 Å². The van der Waals surface area contributed by atoms with Crippen molar-refractivity contribution in [2.24, 2.45) is 0 Å². The van der Waals surface area contributed by atoms with E-state index in [0.717, 1.165) is 0 Å². The van der Waals surface area contributed by atoms with Gasteiger partial charge in [-0.15, -0.1) is 0 Å². The molecule has 0 saturated carbocycles. The number of aryl methyl sites for hydroxylation is 1. The summed E-state index contributed by atoms with van der Waals surface area (Å²) in [5.74, 6) is -0.583. The Balaban J connectivity index is 2.20. The average molecular weight is 428 g/mol. The number of rotatable bonds is 1. The maximum Gasteiger partial charge on any atom is 0.407 e. The van der Waals surface area contributed by atoms with Crippen molar-refractivity contribution in [2.45, 2.75) is 6.92 Å². The van der Waals surface area contributed by atoms with E-state index in [4.69, 9.17) is 16.7 Å². The van der Waals surface area contributed by atoms with Crippen molar-refractivity contribution < 1.29 is 14.3 Å². The Morgan fingerprint density at radius 3 is 2.64 bits per heavy atom. The van der Waals surface area contributed by atoms with Gasteiger partial charge in [-0.1, -0.05) is 11.6 Å². The highest BCUT2D eigenvalue weighted by Gasteiger charge is 2.26. The van der Waals surface area contributed by atoms with E-state index in [1.807, 2.05) is 4.90 Å². The summed E-state index contributed by atoms with van der Waals surface area (Å²) < 4.78 is 14.7. The first kappa shape index (κ1) is 17.7. The normalized spacial score (nSPS) is 14.7. The summed E-state index contributed by atoms with van der Waals surface area (Å²) in [6, 6.07) is 3.71. The second-order valence-corrected chi connectivity index (χ2v) is 6.87. The summed E-state index contributed by atoms with van der Waals surface area (Å²) in [5.41, 5.74) is 1.43. The number of pyridine rings is 1. The van der Waals surface area contributed by atoms with Gasteiger partial charge < -0.3 is 14.9 Å². The van der Waals surface area contributed by atoms with E-state index in [0.29, 0.717) is 48.5 Å². The molecule has 1 aromatic carbocycles. The fourth-order valence-electron chi connectivity index (χ4n) is 2.99. The summed E-state index contributed by atoms with van der Waals surface area (Å²) >= 11 is 9.21. The molecule has 0 aliphatic carbocycles. The van der Waals surface area contributed by atoms with E-state index >= 15 is 0 Å². The van der Waals surface area contributed by atoms with Crippen molar-refractivity contribution >= 4 is 50.2 Å². The molecule has 9 heteroatoms. The average Bonchev–Trinajstić information content (AvgIpc) is 2.60. The van der Waals surface area contributed by atoms with Gasteiger partial charge in [-0.2, -0.15) is 5.26 Å². The van der Waals surface area contributed by atoms with Gasteiger partial charge in [0.1, 0.15) is 11.6 Å². The Bertz CT molecular complexity index is 923. The number of nitriles is 1. The van der Waals surface area contributed by atoms with Gasteiger partial charge in [0.2, 0.25) is 0 Å². The van der Waals surface area contributed by atoms with Gasteiger partial charge in [0, 0.05) is 31.6 Å². The molecule has 1 aliphatic rings. The highest BCUT2D eigenvalue weighted by Crippen LogP contribution is 2.38. The van der Waals surface area contributed by atoms with Gasteiger partial charge in [-0.05, 0) is 28.9 Å². The summed E-state index contributed by atoms with van der Waals surface area (Å²) in [6.07, 6.45) is -0.978. The third kappa shape index (κ3) is 2.98. The molecule has 1 aliphatic heterocycles. The van der Waals surface area contributed by atoms with E-state index in [-0.39, 0.29) is 15.0 Å². The number of anilines is 1. The van der Waals surface area contributed by atoms with Crippen LogP contribution in [0.1, 0.15) is 11.3 Å². The zero-order chi connectivity index (χ0) is 18.3. The molecule has 0 unspecified atom stereocenters. The Morgan fingerprint density at radius 1 is 1.44 bits per heavy atom. The topological polar surface area (TPSA) is 80.5 Å². The Kier molecular flexibility index (Phi) is 4.71. The number of carbonyl (C=O) groups is 1. The fraction of sp³-hybridized carbons (Fsp3) is 0.312.